The summed E-state index contributed by atoms with van der Waals surface area (Å²) in [5, 5.41) is 9.69. The van der Waals surface area contributed by atoms with Gasteiger partial charge >= 0.3 is 5.97 Å². The van der Waals surface area contributed by atoms with Crippen molar-refractivity contribution in [2.24, 2.45) is 0 Å². The third-order valence-corrected chi connectivity index (χ3v) is 4.44. The van der Waals surface area contributed by atoms with Crippen LogP contribution in [0.1, 0.15) is 29.1 Å². The monoisotopic (exact) mass is 341 g/mol. The zero-order chi connectivity index (χ0) is 17.8. The molecular formula is C19H23N3O3. The summed E-state index contributed by atoms with van der Waals surface area (Å²) >= 11 is 0. The first kappa shape index (κ1) is 17.2. The molecule has 0 amide bonds. The highest BCUT2D eigenvalue weighted by Gasteiger charge is 2.19. The van der Waals surface area contributed by atoms with Gasteiger partial charge in [-0.25, -0.2) is 9.78 Å². The van der Waals surface area contributed by atoms with Gasteiger partial charge in [0.15, 0.2) is 0 Å². The molecule has 0 aliphatic carbocycles. The Bertz CT molecular complexity index is 723. The van der Waals surface area contributed by atoms with Crippen LogP contribution in [0.15, 0.2) is 42.5 Å². The molecule has 0 unspecified atom stereocenters. The molecule has 25 heavy (non-hydrogen) atoms. The number of ether oxygens (including phenoxy) is 1. The van der Waals surface area contributed by atoms with E-state index >= 15 is 0 Å². The van der Waals surface area contributed by atoms with E-state index in [0.29, 0.717) is 11.3 Å². The van der Waals surface area contributed by atoms with E-state index in [1.807, 2.05) is 30.3 Å². The van der Waals surface area contributed by atoms with Crippen LogP contribution < -0.4 is 9.80 Å². The predicted molar refractivity (Wildman–Crippen MR) is 97.1 cm³/mol. The number of anilines is 2. The van der Waals surface area contributed by atoms with Crippen LogP contribution in [0, 0.1) is 0 Å². The highest BCUT2D eigenvalue weighted by Crippen LogP contribution is 2.21. The van der Waals surface area contributed by atoms with Crippen LogP contribution in [-0.2, 0) is 4.74 Å². The standard InChI is InChI=1S/C19H23N3O3/c1-14(23)17-4-3-5-18(20-17)22-12-10-21(11-13-22)16-8-6-15(7-9-16)19(24)25-2/h3-9,14,23H,10-13H2,1-2H3/t14-/m1/s1. The van der Waals surface area contributed by atoms with Crippen LogP contribution >= 0.6 is 0 Å². The number of carbonyl (C=O) groups excluding carboxylic acids is 1. The zero-order valence-electron chi connectivity index (χ0n) is 14.6. The van der Waals surface area contributed by atoms with Gasteiger partial charge in [0.2, 0.25) is 0 Å². The van der Waals surface area contributed by atoms with Crippen LogP contribution in [-0.4, -0.2) is 49.3 Å². The van der Waals surface area contributed by atoms with Crippen molar-refractivity contribution >= 4 is 17.5 Å². The van der Waals surface area contributed by atoms with E-state index < -0.39 is 6.10 Å². The molecule has 2 heterocycles. The van der Waals surface area contributed by atoms with Crippen LogP contribution in [0.4, 0.5) is 11.5 Å². The first-order valence-electron chi connectivity index (χ1n) is 8.42. The molecule has 132 valence electrons. The zero-order valence-corrected chi connectivity index (χ0v) is 14.6. The van der Waals surface area contributed by atoms with E-state index in [0.717, 1.165) is 37.7 Å². The molecule has 0 saturated carbocycles. The molecule has 0 spiro atoms. The SMILES string of the molecule is COC(=O)c1ccc(N2CCN(c3cccc([C@@H](C)O)n3)CC2)cc1. The fourth-order valence-electron chi connectivity index (χ4n) is 2.97. The van der Waals surface area contributed by atoms with Gasteiger partial charge in [-0.2, -0.15) is 0 Å². The number of nitrogens with zero attached hydrogens (tertiary/aromatic N) is 3. The average Bonchev–Trinajstić information content (AvgIpc) is 2.67. The number of aliphatic hydroxyl groups excluding tert-OH is 1. The first-order valence-corrected chi connectivity index (χ1v) is 8.42. The fraction of sp³-hybridized carbons (Fsp3) is 0.368. The maximum Gasteiger partial charge on any atom is 0.337 e. The van der Waals surface area contributed by atoms with Crippen molar-refractivity contribution < 1.29 is 14.6 Å². The second-order valence-corrected chi connectivity index (χ2v) is 6.11. The molecule has 6 nitrogen and oxygen atoms in total. The molecule has 0 bridgehead atoms. The highest BCUT2D eigenvalue weighted by molar-refractivity contribution is 5.89. The van der Waals surface area contributed by atoms with Crippen LogP contribution in [0.25, 0.3) is 0 Å². The lowest BCUT2D eigenvalue weighted by Crippen LogP contribution is -2.46. The normalized spacial score (nSPS) is 15.8. The molecule has 6 heteroatoms. The van der Waals surface area contributed by atoms with Crippen molar-refractivity contribution in [3.8, 4) is 0 Å². The lowest BCUT2D eigenvalue weighted by atomic mass is 10.2. The maximum absolute atomic E-state index is 11.5. The molecule has 1 aromatic heterocycles. The number of rotatable bonds is 4. The van der Waals surface area contributed by atoms with Gasteiger partial charge in [-0.05, 0) is 43.3 Å². The van der Waals surface area contributed by atoms with Gasteiger partial charge in [0.05, 0.1) is 24.5 Å². The number of hydrogen-bond acceptors (Lipinski definition) is 6. The van der Waals surface area contributed by atoms with Gasteiger partial charge in [0, 0.05) is 31.9 Å². The molecule has 1 atom stereocenters. The number of methoxy groups -OCH3 is 1. The Hall–Kier alpha value is -2.60. The lowest BCUT2D eigenvalue weighted by Gasteiger charge is -2.37. The Labute approximate surface area is 147 Å². The minimum Gasteiger partial charge on any atom is -0.465 e. The van der Waals surface area contributed by atoms with E-state index in [1.165, 1.54) is 7.11 Å². The van der Waals surface area contributed by atoms with E-state index in [1.54, 1.807) is 19.1 Å². The number of piperazine rings is 1. The summed E-state index contributed by atoms with van der Waals surface area (Å²) in [5.74, 6) is 0.583. The van der Waals surface area contributed by atoms with Crippen molar-refractivity contribution in [1.82, 2.24) is 4.98 Å². The molecule has 1 aromatic carbocycles. The van der Waals surface area contributed by atoms with Crippen LogP contribution in [0.5, 0.6) is 0 Å². The minimum atomic E-state index is -0.561. The summed E-state index contributed by atoms with van der Waals surface area (Å²) in [6, 6.07) is 13.2. The van der Waals surface area contributed by atoms with E-state index in [-0.39, 0.29) is 5.97 Å². The summed E-state index contributed by atoms with van der Waals surface area (Å²) < 4.78 is 4.73. The minimum absolute atomic E-state index is 0.319. The fourth-order valence-corrected chi connectivity index (χ4v) is 2.97. The molecule has 1 fully saturated rings. The number of aliphatic hydroxyl groups is 1. The second-order valence-electron chi connectivity index (χ2n) is 6.11. The Morgan fingerprint density at radius 1 is 1.08 bits per heavy atom. The third-order valence-electron chi connectivity index (χ3n) is 4.44. The van der Waals surface area contributed by atoms with E-state index in [2.05, 4.69) is 14.8 Å². The highest BCUT2D eigenvalue weighted by atomic mass is 16.5. The van der Waals surface area contributed by atoms with Gasteiger partial charge in [-0.15, -0.1) is 0 Å². The van der Waals surface area contributed by atoms with Crippen molar-refractivity contribution in [3.05, 3.63) is 53.7 Å². The molecule has 1 aliphatic rings. The van der Waals surface area contributed by atoms with Crippen LogP contribution in [0.2, 0.25) is 0 Å². The third kappa shape index (κ3) is 3.91. The van der Waals surface area contributed by atoms with Gasteiger partial charge < -0.3 is 19.6 Å². The van der Waals surface area contributed by atoms with Crippen molar-refractivity contribution in [2.45, 2.75) is 13.0 Å². The number of hydrogen-bond donors (Lipinski definition) is 1. The second kappa shape index (κ2) is 7.53. The number of esters is 1. The summed E-state index contributed by atoms with van der Waals surface area (Å²) in [7, 11) is 1.38. The summed E-state index contributed by atoms with van der Waals surface area (Å²) in [4.78, 5) is 20.6. The summed E-state index contributed by atoms with van der Waals surface area (Å²) in [6.07, 6.45) is -0.561. The summed E-state index contributed by atoms with van der Waals surface area (Å²) in [5.41, 5.74) is 2.35. The number of carbonyl (C=O) groups is 1. The van der Waals surface area contributed by atoms with E-state index in [4.69, 9.17) is 4.74 Å². The maximum atomic E-state index is 11.5. The van der Waals surface area contributed by atoms with Gasteiger partial charge in [-0.3, -0.25) is 0 Å². The first-order chi connectivity index (χ1) is 12.1. The molecule has 1 saturated heterocycles. The lowest BCUT2D eigenvalue weighted by molar-refractivity contribution is 0.0600. The average molecular weight is 341 g/mol. The Kier molecular flexibility index (Phi) is 5.19. The molecule has 2 aromatic rings. The molecule has 3 rings (SSSR count). The van der Waals surface area contributed by atoms with Gasteiger partial charge in [0.1, 0.15) is 5.82 Å². The Balaban J connectivity index is 1.64. The molecule has 0 radical (unpaired) electrons. The van der Waals surface area contributed by atoms with Gasteiger partial charge in [0.25, 0.3) is 0 Å². The quantitative estimate of drug-likeness (QED) is 0.861. The van der Waals surface area contributed by atoms with Crippen LogP contribution in [0.3, 0.4) is 0 Å². The number of benzene rings is 1. The molecule has 1 aliphatic heterocycles. The van der Waals surface area contributed by atoms with E-state index in [9.17, 15) is 9.90 Å². The Morgan fingerprint density at radius 2 is 1.72 bits per heavy atom. The number of aromatic nitrogens is 1. The largest absolute Gasteiger partial charge is 0.465 e. The summed E-state index contributed by atoms with van der Waals surface area (Å²) in [6.45, 7) is 5.18. The van der Waals surface area contributed by atoms with Crippen molar-refractivity contribution in [3.63, 3.8) is 0 Å². The molecule has 1 N–H and O–H groups in total. The van der Waals surface area contributed by atoms with Crippen molar-refractivity contribution in [1.29, 1.82) is 0 Å². The van der Waals surface area contributed by atoms with Gasteiger partial charge in [-0.1, -0.05) is 6.07 Å². The predicted octanol–water partition coefficient (Wildman–Crippen LogP) is 2.25. The smallest absolute Gasteiger partial charge is 0.337 e. The molecular weight excluding hydrogens is 318 g/mol. The number of pyridine rings is 1. The Morgan fingerprint density at radius 3 is 2.32 bits per heavy atom. The topological polar surface area (TPSA) is 65.9 Å². The van der Waals surface area contributed by atoms with Crippen molar-refractivity contribution in [2.75, 3.05) is 43.1 Å².